The molecule has 1 amide bonds. The lowest BCUT2D eigenvalue weighted by Gasteiger charge is -2.26. The molecule has 4 rings (SSSR count). The summed E-state index contributed by atoms with van der Waals surface area (Å²) in [5, 5.41) is 11.6. The van der Waals surface area contributed by atoms with Crippen LogP contribution >= 0.6 is 0 Å². The predicted octanol–water partition coefficient (Wildman–Crippen LogP) is 6.57. The number of Topliss-reactive ketones (excluding diaryl/α,β-unsaturated/α-hetero) is 1. The molecule has 40 heavy (non-hydrogen) atoms. The molecule has 1 saturated heterocycles. The van der Waals surface area contributed by atoms with E-state index in [4.69, 9.17) is 9.47 Å². The van der Waals surface area contributed by atoms with Crippen LogP contribution in [0, 0.1) is 0 Å². The van der Waals surface area contributed by atoms with E-state index in [0.717, 1.165) is 5.56 Å². The van der Waals surface area contributed by atoms with Gasteiger partial charge in [-0.15, -0.1) is 0 Å². The second kappa shape index (κ2) is 11.4. The molecule has 1 aliphatic rings. The number of carbonyl (C=O) groups is 3. The van der Waals surface area contributed by atoms with E-state index in [1.807, 2.05) is 64.1 Å². The molecular weight excluding hydrogens is 506 g/mol. The SMILES string of the molecule is CCOc1ccc(/C(O)=C2/C(=O)C(=O)N(c3ccc(C(=O)OC(C)C)cc3)C2c2ccccc2)cc1C(C)(C)C. The van der Waals surface area contributed by atoms with E-state index in [1.54, 1.807) is 50.2 Å². The predicted molar refractivity (Wildman–Crippen MR) is 155 cm³/mol. The van der Waals surface area contributed by atoms with Crippen LogP contribution in [0.1, 0.15) is 74.6 Å². The second-order valence-corrected chi connectivity index (χ2v) is 11.0. The minimum absolute atomic E-state index is 0.0106. The monoisotopic (exact) mass is 541 g/mol. The number of hydrogen-bond acceptors (Lipinski definition) is 6. The lowest BCUT2D eigenvalue weighted by atomic mass is 9.84. The first kappa shape index (κ1) is 28.6. The Hall–Kier alpha value is -4.39. The number of benzene rings is 3. The molecular formula is C33H35NO6. The fraction of sp³-hybridized carbons (Fsp3) is 0.303. The first-order valence-electron chi connectivity index (χ1n) is 13.4. The molecule has 1 N–H and O–H groups in total. The molecule has 3 aromatic carbocycles. The van der Waals surface area contributed by atoms with Crippen molar-refractivity contribution in [2.45, 2.75) is 59.1 Å². The maximum atomic E-state index is 13.5. The molecule has 0 spiro atoms. The van der Waals surface area contributed by atoms with Crippen molar-refractivity contribution >= 4 is 29.1 Å². The maximum absolute atomic E-state index is 13.5. The van der Waals surface area contributed by atoms with Gasteiger partial charge < -0.3 is 14.6 Å². The van der Waals surface area contributed by atoms with Gasteiger partial charge >= 0.3 is 5.97 Å². The Labute approximate surface area is 235 Å². The van der Waals surface area contributed by atoms with Gasteiger partial charge in [-0.25, -0.2) is 4.79 Å². The first-order chi connectivity index (χ1) is 18.9. The summed E-state index contributed by atoms with van der Waals surface area (Å²) in [4.78, 5) is 40.7. The van der Waals surface area contributed by atoms with Crippen molar-refractivity contribution in [3.05, 3.63) is 101 Å². The Balaban J connectivity index is 1.85. The highest BCUT2D eigenvalue weighted by Crippen LogP contribution is 2.43. The van der Waals surface area contributed by atoms with Crippen LogP contribution in [0.3, 0.4) is 0 Å². The minimum Gasteiger partial charge on any atom is -0.507 e. The van der Waals surface area contributed by atoms with Gasteiger partial charge in [-0.1, -0.05) is 51.1 Å². The van der Waals surface area contributed by atoms with E-state index in [2.05, 4.69) is 0 Å². The van der Waals surface area contributed by atoms with E-state index in [1.165, 1.54) is 4.90 Å². The summed E-state index contributed by atoms with van der Waals surface area (Å²) in [6.07, 6.45) is -0.274. The third-order valence-electron chi connectivity index (χ3n) is 6.64. The Morgan fingerprint density at radius 1 is 0.950 bits per heavy atom. The molecule has 1 heterocycles. The van der Waals surface area contributed by atoms with E-state index in [0.29, 0.717) is 34.7 Å². The van der Waals surface area contributed by atoms with Crippen LogP contribution < -0.4 is 9.64 Å². The summed E-state index contributed by atoms with van der Waals surface area (Å²) in [6.45, 7) is 12.0. The Morgan fingerprint density at radius 3 is 2.15 bits per heavy atom. The third kappa shape index (κ3) is 5.64. The molecule has 7 nitrogen and oxygen atoms in total. The lowest BCUT2D eigenvalue weighted by Crippen LogP contribution is -2.29. The zero-order valence-corrected chi connectivity index (χ0v) is 23.7. The van der Waals surface area contributed by atoms with Crippen LogP contribution in [0.4, 0.5) is 5.69 Å². The largest absolute Gasteiger partial charge is 0.507 e. The van der Waals surface area contributed by atoms with Crippen LogP contribution in [0.25, 0.3) is 5.76 Å². The Morgan fingerprint density at radius 2 is 1.57 bits per heavy atom. The second-order valence-electron chi connectivity index (χ2n) is 11.0. The van der Waals surface area contributed by atoms with Crippen molar-refractivity contribution in [2.75, 3.05) is 11.5 Å². The van der Waals surface area contributed by atoms with Gasteiger partial charge in [0, 0.05) is 16.8 Å². The van der Waals surface area contributed by atoms with Gasteiger partial charge in [-0.3, -0.25) is 14.5 Å². The molecule has 1 atom stereocenters. The van der Waals surface area contributed by atoms with Crippen LogP contribution in [0.15, 0.2) is 78.4 Å². The molecule has 208 valence electrons. The summed E-state index contributed by atoms with van der Waals surface area (Å²) in [5.41, 5.74) is 2.38. The number of ether oxygens (including phenoxy) is 2. The Bertz CT molecular complexity index is 1450. The minimum atomic E-state index is -0.876. The average molecular weight is 542 g/mol. The number of nitrogens with zero attached hydrogens (tertiary/aromatic N) is 1. The highest BCUT2D eigenvalue weighted by molar-refractivity contribution is 6.51. The number of hydrogen-bond donors (Lipinski definition) is 1. The summed E-state index contributed by atoms with van der Waals surface area (Å²) >= 11 is 0. The summed E-state index contributed by atoms with van der Waals surface area (Å²) in [7, 11) is 0. The molecule has 0 radical (unpaired) electrons. The summed E-state index contributed by atoms with van der Waals surface area (Å²) in [6, 6.07) is 19.8. The lowest BCUT2D eigenvalue weighted by molar-refractivity contribution is -0.132. The van der Waals surface area contributed by atoms with Gasteiger partial charge in [-0.05, 0) is 74.2 Å². The molecule has 0 aliphatic carbocycles. The van der Waals surface area contributed by atoms with Crippen LogP contribution in [0.5, 0.6) is 5.75 Å². The fourth-order valence-corrected chi connectivity index (χ4v) is 4.79. The Kier molecular flexibility index (Phi) is 8.14. The van der Waals surface area contributed by atoms with Crippen LogP contribution in [0.2, 0.25) is 0 Å². The van der Waals surface area contributed by atoms with Gasteiger partial charge in [0.15, 0.2) is 0 Å². The quantitative estimate of drug-likeness (QED) is 0.157. The number of ketones is 1. The molecule has 7 heteroatoms. The molecule has 0 aromatic heterocycles. The zero-order chi connectivity index (χ0) is 29.2. The smallest absolute Gasteiger partial charge is 0.338 e. The average Bonchev–Trinajstić information content (AvgIpc) is 3.18. The molecule has 0 saturated carbocycles. The standard InChI is InChI=1S/C33H35NO6/c1-7-39-26-18-15-23(19-25(26)33(4,5)6)29(35)27-28(21-11-9-8-10-12-21)34(31(37)30(27)36)24-16-13-22(14-17-24)32(38)40-20(2)3/h8-20,28,35H,7H2,1-6H3/b29-27-. The topological polar surface area (TPSA) is 93.1 Å². The third-order valence-corrected chi connectivity index (χ3v) is 6.64. The molecule has 1 unspecified atom stereocenters. The molecule has 3 aromatic rings. The number of esters is 1. The number of aliphatic hydroxyl groups excluding tert-OH is 1. The van der Waals surface area contributed by atoms with Gasteiger partial charge in [0.25, 0.3) is 11.7 Å². The van der Waals surface area contributed by atoms with Crippen LogP contribution in [-0.2, 0) is 19.7 Å². The maximum Gasteiger partial charge on any atom is 0.338 e. The van der Waals surface area contributed by atoms with Gasteiger partial charge in [-0.2, -0.15) is 0 Å². The van der Waals surface area contributed by atoms with Crippen molar-refractivity contribution in [1.82, 2.24) is 0 Å². The highest BCUT2D eigenvalue weighted by atomic mass is 16.5. The highest BCUT2D eigenvalue weighted by Gasteiger charge is 2.47. The normalized spacial score (nSPS) is 16.9. The summed E-state index contributed by atoms with van der Waals surface area (Å²) < 4.78 is 11.1. The van der Waals surface area contributed by atoms with Crippen LogP contribution in [-0.4, -0.2) is 35.5 Å². The van der Waals surface area contributed by atoms with Crippen molar-refractivity contribution in [2.24, 2.45) is 0 Å². The van der Waals surface area contributed by atoms with Crippen molar-refractivity contribution in [1.29, 1.82) is 0 Å². The van der Waals surface area contributed by atoms with Gasteiger partial charge in [0.2, 0.25) is 0 Å². The van der Waals surface area contributed by atoms with E-state index in [-0.39, 0.29) is 22.9 Å². The van der Waals surface area contributed by atoms with Crippen molar-refractivity contribution < 1.29 is 29.0 Å². The molecule has 0 bridgehead atoms. The van der Waals surface area contributed by atoms with E-state index in [9.17, 15) is 19.5 Å². The van der Waals surface area contributed by atoms with E-state index >= 15 is 0 Å². The number of aliphatic hydroxyl groups is 1. The van der Waals surface area contributed by atoms with Crippen molar-refractivity contribution in [3.8, 4) is 5.75 Å². The number of rotatable bonds is 7. The number of amides is 1. The zero-order valence-electron chi connectivity index (χ0n) is 23.7. The van der Waals surface area contributed by atoms with E-state index < -0.39 is 23.7 Å². The number of anilines is 1. The van der Waals surface area contributed by atoms with Gasteiger partial charge in [0.1, 0.15) is 11.5 Å². The molecule has 1 aliphatic heterocycles. The fourth-order valence-electron chi connectivity index (χ4n) is 4.79. The summed E-state index contributed by atoms with van der Waals surface area (Å²) in [5.74, 6) is -1.60. The molecule has 1 fully saturated rings. The number of carbonyl (C=O) groups excluding carboxylic acids is 3. The van der Waals surface area contributed by atoms with Gasteiger partial charge in [0.05, 0.1) is 29.9 Å². The van der Waals surface area contributed by atoms with Crippen molar-refractivity contribution in [3.63, 3.8) is 0 Å². The first-order valence-corrected chi connectivity index (χ1v) is 13.4.